The molecule has 0 bridgehead atoms. The van der Waals surface area contributed by atoms with Crippen LogP contribution in [0.25, 0.3) is 0 Å². The smallest absolute Gasteiger partial charge is 0.262 e. The Hall–Kier alpha value is -3.97. The van der Waals surface area contributed by atoms with Gasteiger partial charge < -0.3 is 14.4 Å². The van der Waals surface area contributed by atoms with E-state index in [9.17, 15) is 4.79 Å². The number of fused-ring (bicyclic) bond motifs is 1. The van der Waals surface area contributed by atoms with Gasteiger partial charge >= 0.3 is 0 Å². The second-order valence-electron chi connectivity index (χ2n) is 10.6. The van der Waals surface area contributed by atoms with Crippen molar-refractivity contribution in [2.24, 2.45) is 0 Å². The average Bonchev–Trinajstić information content (AvgIpc) is 3.04. The van der Waals surface area contributed by atoms with Crippen LogP contribution in [0.15, 0.2) is 114 Å². The lowest BCUT2D eigenvalue weighted by Gasteiger charge is -2.46. The summed E-state index contributed by atoms with van der Waals surface area (Å²) in [5.41, 5.74) is 6.27. The number of rotatable bonds is 8. The molecule has 0 aromatic heterocycles. The molecule has 6 rings (SSSR count). The summed E-state index contributed by atoms with van der Waals surface area (Å²) < 4.78 is 12.8. The van der Waals surface area contributed by atoms with E-state index in [1.807, 2.05) is 96.8 Å². The summed E-state index contributed by atoms with van der Waals surface area (Å²) in [5, 5.41) is 0.950. The second-order valence-corrected chi connectivity index (χ2v) is 12.3. The van der Waals surface area contributed by atoms with E-state index in [2.05, 4.69) is 33.0 Å². The summed E-state index contributed by atoms with van der Waals surface area (Å²) in [6.45, 7) is 2.87. The van der Waals surface area contributed by atoms with Crippen molar-refractivity contribution < 1.29 is 14.3 Å². The predicted octanol–water partition coefficient (Wildman–Crippen LogP) is 10.0. The second kappa shape index (κ2) is 12.9. The van der Waals surface area contributed by atoms with E-state index in [4.69, 9.17) is 32.7 Å². The number of carbonyl (C=O) groups is 1. The van der Waals surface area contributed by atoms with Gasteiger partial charge in [-0.05, 0) is 82.5 Å². The first kappa shape index (κ1) is 30.1. The third-order valence-electron chi connectivity index (χ3n) is 7.63. The maximum absolute atomic E-state index is 14.3. The van der Waals surface area contributed by atoms with Crippen molar-refractivity contribution >= 4 is 56.4 Å². The standard InChI is InChI=1S/C36H29BrCl2N2O3/c1-23-12-15-27(16-13-23)41-35(40(21-24-8-4-3-5-9-24)32-11-7-6-10-28(32)36(41)42)26-19-29(37)34(33(20-26)43-2)44-22-25-14-17-30(38)31(39)18-25/h3-20,35H,21-22H2,1-2H3/t35-/m0/s1. The molecule has 1 aliphatic rings. The van der Waals surface area contributed by atoms with Crippen LogP contribution in [0.3, 0.4) is 0 Å². The van der Waals surface area contributed by atoms with Crippen molar-refractivity contribution in [3.63, 3.8) is 0 Å². The fourth-order valence-electron chi connectivity index (χ4n) is 5.48. The molecule has 5 nitrogen and oxygen atoms in total. The quantitative estimate of drug-likeness (QED) is 0.163. The zero-order valence-corrected chi connectivity index (χ0v) is 27.2. The molecule has 0 spiro atoms. The van der Waals surface area contributed by atoms with Gasteiger partial charge in [-0.15, -0.1) is 0 Å². The highest BCUT2D eigenvalue weighted by Gasteiger charge is 2.40. The molecule has 1 atom stereocenters. The van der Waals surface area contributed by atoms with E-state index < -0.39 is 6.17 Å². The molecule has 0 saturated heterocycles. The molecule has 1 aliphatic heterocycles. The van der Waals surface area contributed by atoms with E-state index >= 15 is 0 Å². The lowest BCUT2D eigenvalue weighted by atomic mass is 9.98. The average molecular weight is 688 g/mol. The van der Waals surface area contributed by atoms with E-state index in [1.54, 1.807) is 19.2 Å². The highest BCUT2D eigenvalue weighted by molar-refractivity contribution is 9.10. The maximum atomic E-state index is 14.3. The molecule has 222 valence electrons. The van der Waals surface area contributed by atoms with Gasteiger partial charge in [-0.3, -0.25) is 9.69 Å². The molecule has 8 heteroatoms. The Kier molecular flexibility index (Phi) is 8.85. The van der Waals surface area contributed by atoms with Crippen LogP contribution >= 0.6 is 39.1 Å². The Bertz CT molecular complexity index is 1820. The Balaban J connectivity index is 1.47. The molecule has 5 aromatic carbocycles. The molecule has 5 aromatic rings. The zero-order valence-electron chi connectivity index (χ0n) is 24.1. The Morgan fingerprint density at radius 3 is 2.27 bits per heavy atom. The van der Waals surface area contributed by atoms with Gasteiger partial charge in [0.15, 0.2) is 11.5 Å². The van der Waals surface area contributed by atoms with Crippen molar-refractivity contribution in [3.8, 4) is 11.5 Å². The van der Waals surface area contributed by atoms with Gasteiger partial charge in [0.05, 0.1) is 32.9 Å². The van der Waals surface area contributed by atoms with Crippen molar-refractivity contribution in [1.29, 1.82) is 0 Å². The molecule has 1 heterocycles. The SMILES string of the molecule is COc1cc([C@H]2N(Cc3ccccc3)c3ccccc3C(=O)N2c2ccc(C)cc2)cc(Br)c1OCc1ccc(Cl)c(Cl)c1. The lowest BCUT2D eigenvalue weighted by molar-refractivity contribution is 0.0968. The molecule has 0 N–H and O–H groups in total. The molecule has 0 saturated carbocycles. The van der Waals surface area contributed by atoms with Crippen molar-refractivity contribution in [2.75, 3.05) is 16.9 Å². The maximum Gasteiger partial charge on any atom is 0.262 e. The van der Waals surface area contributed by atoms with Crippen LogP contribution in [0.4, 0.5) is 11.4 Å². The Morgan fingerprint density at radius 2 is 1.55 bits per heavy atom. The fourth-order valence-corrected chi connectivity index (χ4v) is 6.37. The molecular weight excluding hydrogens is 659 g/mol. The number of carbonyl (C=O) groups excluding carboxylic acids is 1. The predicted molar refractivity (Wildman–Crippen MR) is 181 cm³/mol. The summed E-state index contributed by atoms with van der Waals surface area (Å²) in [6, 6.07) is 35.4. The minimum Gasteiger partial charge on any atom is -0.493 e. The summed E-state index contributed by atoms with van der Waals surface area (Å²) in [5.74, 6) is 0.999. The zero-order chi connectivity index (χ0) is 30.8. The van der Waals surface area contributed by atoms with Gasteiger partial charge in [-0.25, -0.2) is 0 Å². The summed E-state index contributed by atoms with van der Waals surface area (Å²) in [7, 11) is 1.61. The normalized spacial score (nSPS) is 14.4. The van der Waals surface area contributed by atoms with Crippen molar-refractivity contribution in [1.82, 2.24) is 0 Å². The molecule has 0 radical (unpaired) electrons. The van der Waals surface area contributed by atoms with Gasteiger partial charge in [0, 0.05) is 17.8 Å². The summed E-state index contributed by atoms with van der Waals surface area (Å²) in [6.07, 6.45) is -0.491. The van der Waals surface area contributed by atoms with Gasteiger partial charge in [-0.2, -0.15) is 0 Å². The largest absolute Gasteiger partial charge is 0.493 e. The number of para-hydroxylation sites is 1. The fraction of sp³-hybridized carbons (Fsp3) is 0.139. The van der Waals surface area contributed by atoms with Crippen LogP contribution in [-0.4, -0.2) is 13.0 Å². The van der Waals surface area contributed by atoms with Gasteiger partial charge in [0.1, 0.15) is 12.8 Å². The Labute approximate surface area is 275 Å². The van der Waals surface area contributed by atoms with Crippen molar-refractivity contribution in [2.45, 2.75) is 26.2 Å². The highest BCUT2D eigenvalue weighted by atomic mass is 79.9. The van der Waals surface area contributed by atoms with Gasteiger partial charge in [-0.1, -0.05) is 89.4 Å². The number of amides is 1. The van der Waals surface area contributed by atoms with Gasteiger partial charge in [0.2, 0.25) is 0 Å². The first-order chi connectivity index (χ1) is 21.3. The number of hydrogen-bond donors (Lipinski definition) is 0. The number of aryl methyl sites for hydroxylation is 1. The lowest BCUT2D eigenvalue weighted by Crippen LogP contribution is -2.49. The van der Waals surface area contributed by atoms with Crippen LogP contribution in [0, 0.1) is 6.92 Å². The van der Waals surface area contributed by atoms with E-state index in [1.165, 1.54) is 0 Å². The number of ether oxygens (including phenoxy) is 2. The minimum atomic E-state index is -0.491. The minimum absolute atomic E-state index is 0.0752. The van der Waals surface area contributed by atoms with Crippen LogP contribution in [-0.2, 0) is 13.2 Å². The summed E-state index contributed by atoms with van der Waals surface area (Å²) >= 11 is 16.1. The van der Waals surface area contributed by atoms with Crippen LogP contribution in [0.5, 0.6) is 11.5 Å². The van der Waals surface area contributed by atoms with E-state index in [0.717, 1.165) is 33.6 Å². The number of anilines is 2. The molecular formula is C36H29BrCl2N2O3. The molecule has 1 amide bonds. The molecule has 44 heavy (non-hydrogen) atoms. The van der Waals surface area contributed by atoms with Crippen molar-refractivity contribution in [3.05, 3.63) is 152 Å². The topological polar surface area (TPSA) is 42.0 Å². The van der Waals surface area contributed by atoms with E-state index in [0.29, 0.717) is 38.1 Å². The number of hydrogen-bond acceptors (Lipinski definition) is 4. The number of halogens is 3. The highest BCUT2D eigenvalue weighted by Crippen LogP contribution is 2.46. The number of benzene rings is 5. The Morgan fingerprint density at radius 1 is 0.818 bits per heavy atom. The molecule has 0 aliphatic carbocycles. The number of methoxy groups -OCH3 is 1. The first-order valence-corrected chi connectivity index (χ1v) is 15.6. The van der Waals surface area contributed by atoms with Gasteiger partial charge in [0.25, 0.3) is 5.91 Å². The monoisotopic (exact) mass is 686 g/mol. The third kappa shape index (κ3) is 6.03. The summed E-state index contributed by atoms with van der Waals surface area (Å²) in [4.78, 5) is 18.4. The van der Waals surface area contributed by atoms with Crippen LogP contribution < -0.4 is 19.3 Å². The van der Waals surface area contributed by atoms with Crippen LogP contribution in [0.1, 0.15) is 38.8 Å². The first-order valence-electron chi connectivity index (χ1n) is 14.1. The number of nitrogens with zero attached hydrogens (tertiary/aromatic N) is 2. The molecule has 0 unspecified atom stereocenters. The third-order valence-corrected chi connectivity index (χ3v) is 8.96. The van der Waals surface area contributed by atoms with Crippen LogP contribution in [0.2, 0.25) is 10.0 Å². The molecule has 0 fully saturated rings. The van der Waals surface area contributed by atoms with E-state index in [-0.39, 0.29) is 12.5 Å².